The first-order valence-corrected chi connectivity index (χ1v) is 11.1. The second-order valence-electron chi connectivity index (χ2n) is 8.05. The molecule has 0 aliphatic carbocycles. The van der Waals surface area contributed by atoms with Crippen LogP contribution in [-0.4, -0.2) is 53.5 Å². The van der Waals surface area contributed by atoms with Gasteiger partial charge in [-0.25, -0.2) is 4.39 Å². The number of anilines is 1. The van der Waals surface area contributed by atoms with Crippen molar-refractivity contribution < 1.29 is 9.18 Å². The fraction of sp³-hybridized carbons (Fsp3) is 0.333. The van der Waals surface area contributed by atoms with Crippen molar-refractivity contribution in [1.82, 2.24) is 14.4 Å². The van der Waals surface area contributed by atoms with Crippen molar-refractivity contribution in [1.29, 1.82) is 0 Å². The number of hydrogen-bond acceptors (Lipinski definition) is 4. The molecule has 0 saturated carbocycles. The summed E-state index contributed by atoms with van der Waals surface area (Å²) in [6.07, 6.45) is 1.60. The molecule has 1 aliphatic rings. The van der Waals surface area contributed by atoms with Gasteiger partial charge in [-0.3, -0.25) is 9.59 Å². The van der Waals surface area contributed by atoms with Crippen LogP contribution in [0.2, 0.25) is 5.02 Å². The molecule has 32 heavy (non-hydrogen) atoms. The zero-order valence-electron chi connectivity index (χ0n) is 18.2. The lowest BCUT2D eigenvalue weighted by molar-refractivity contribution is 0.0662. The molecule has 8 heteroatoms. The minimum Gasteiger partial charge on any atom is -0.378 e. The molecule has 1 N–H and O–H groups in total. The number of amides is 1. The third-order valence-electron chi connectivity index (χ3n) is 5.96. The lowest BCUT2D eigenvalue weighted by atomic mass is 10.1. The van der Waals surface area contributed by atoms with Crippen molar-refractivity contribution in [2.75, 3.05) is 38.5 Å². The van der Waals surface area contributed by atoms with E-state index in [-0.39, 0.29) is 22.5 Å². The van der Waals surface area contributed by atoms with E-state index in [0.717, 1.165) is 18.7 Å². The number of benzene rings is 2. The molecule has 0 spiro atoms. The van der Waals surface area contributed by atoms with Gasteiger partial charge in [-0.05, 0) is 37.7 Å². The highest BCUT2D eigenvalue weighted by molar-refractivity contribution is 6.31. The summed E-state index contributed by atoms with van der Waals surface area (Å²) >= 11 is 6.20. The van der Waals surface area contributed by atoms with E-state index in [9.17, 15) is 14.0 Å². The molecule has 3 aromatic rings. The number of nitrogens with zero attached hydrogens (tertiary/aromatic N) is 3. The number of carbonyl (C=O) groups excluding carboxylic acids is 1. The number of pyridine rings is 1. The fourth-order valence-electron chi connectivity index (χ4n) is 3.97. The second-order valence-corrected chi connectivity index (χ2v) is 8.45. The van der Waals surface area contributed by atoms with Crippen LogP contribution < -0.4 is 10.7 Å². The normalized spacial score (nSPS) is 14.7. The number of halogens is 2. The molecule has 6 nitrogen and oxygen atoms in total. The minimum atomic E-state index is -0.548. The quantitative estimate of drug-likeness (QED) is 0.634. The van der Waals surface area contributed by atoms with E-state index in [1.807, 2.05) is 36.7 Å². The molecule has 0 radical (unpaired) electrons. The Balaban J connectivity index is 1.69. The molecule has 2 aromatic carbocycles. The van der Waals surface area contributed by atoms with Crippen LogP contribution in [0.4, 0.5) is 10.1 Å². The Morgan fingerprint density at radius 2 is 1.88 bits per heavy atom. The molecule has 0 atom stereocenters. The summed E-state index contributed by atoms with van der Waals surface area (Å²) in [6, 6.07) is 10.2. The van der Waals surface area contributed by atoms with E-state index in [0.29, 0.717) is 36.7 Å². The minimum absolute atomic E-state index is 0.0834. The van der Waals surface area contributed by atoms with Crippen LogP contribution in [0.5, 0.6) is 0 Å². The van der Waals surface area contributed by atoms with Crippen LogP contribution in [0, 0.1) is 5.82 Å². The Morgan fingerprint density at radius 1 is 1.16 bits per heavy atom. The van der Waals surface area contributed by atoms with Crippen LogP contribution in [0.1, 0.15) is 22.8 Å². The third-order valence-corrected chi connectivity index (χ3v) is 6.33. The van der Waals surface area contributed by atoms with E-state index < -0.39 is 11.2 Å². The molecular weight excluding hydrogens is 431 g/mol. The Labute approximate surface area is 191 Å². The average Bonchev–Trinajstić information content (AvgIpc) is 2.79. The number of piperazine rings is 1. The SMILES string of the molecule is CCn1cc(C(=O)N2CCN(C)CC2)c(=O)c2cc(F)c(NCc3ccccc3Cl)cc21. The van der Waals surface area contributed by atoms with Crippen LogP contribution >= 0.6 is 11.6 Å². The number of aryl methyl sites for hydroxylation is 1. The van der Waals surface area contributed by atoms with Crippen LogP contribution in [0.15, 0.2) is 47.4 Å². The number of hydrogen-bond donors (Lipinski definition) is 1. The number of nitrogens with one attached hydrogen (secondary N) is 1. The summed E-state index contributed by atoms with van der Waals surface area (Å²) in [5.41, 5.74) is 1.34. The van der Waals surface area contributed by atoms with Crippen molar-refractivity contribution in [3.8, 4) is 0 Å². The fourth-order valence-corrected chi connectivity index (χ4v) is 4.17. The first kappa shape index (κ1) is 22.3. The van der Waals surface area contributed by atoms with Crippen molar-refractivity contribution in [3.63, 3.8) is 0 Å². The first-order valence-electron chi connectivity index (χ1n) is 10.7. The van der Waals surface area contributed by atoms with E-state index in [1.54, 1.807) is 23.2 Å². The van der Waals surface area contributed by atoms with Crippen molar-refractivity contribution in [2.24, 2.45) is 0 Å². The summed E-state index contributed by atoms with van der Waals surface area (Å²) in [6.45, 7) is 5.46. The Kier molecular flexibility index (Phi) is 6.48. The van der Waals surface area contributed by atoms with E-state index in [2.05, 4.69) is 10.2 Å². The van der Waals surface area contributed by atoms with Crippen LogP contribution in [-0.2, 0) is 13.1 Å². The highest BCUT2D eigenvalue weighted by Crippen LogP contribution is 2.24. The van der Waals surface area contributed by atoms with Gasteiger partial charge in [0.25, 0.3) is 5.91 Å². The van der Waals surface area contributed by atoms with Crippen LogP contribution in [0.25, 0.3) is 10.9 Å². The number of fused-ring (bicyclic) bond motifs is 1. The molecule has 1 aromatic heterocycles. The topological polar surface area (TPSA) is 57.6 Å². The molecule has 1 fully saturated rings. The monoisotopic (exact) mass is 456 g/mol. The van der Waals surface area contributed by atoms with Gasteiger partial charge >= 0.3 is 0 Å². The highest BCUT2D eigenvalue weighted by Gasteiger charge is 2.24. The molecule has 0 bridgehead atoms. The molecule has 0 unspecified atom stereocenters. The maximum absolute atomic E-state index is 14.9. The molecule has 1 amide bonds. The van der Waals surface area contributed by atoms with Gasteiger partial charge in [-0.2, -0.15) is 0 Å². The Hall–Kier alpha value is -2.90. The maximum atomic E-state index is 14.9. The molecule has 1 saturated heterocycles. The third kappa shape index (κ3) is 4.36. The molecule has 2 heterocycles. The zero-order chi connectivity index (χ0) is 22.8. The number of carbonyl (C=O) groups is 1. The largest absolute Gasteiger partial charge is 0.378 e. The maximum Gasteiger partial charge on any atom is 0.259 e. The molecular formula is C24H26ClFN4O2. The predicted molar refractivity (Wildman–Crippen MR) is 126 cm³/mol. The summed E-state index contributed by atoms with van der Waals surface area (Å²) in [4.78, 5) is 30.0. The van der Waals surface area contributed by atoms with Crippen molar-refractivity contribution >= 4 is 34.1 Å². The number of rotatable bonds is 5. The molecule has 1 aliphatic heterocycles. The summed E-state index contributed by atoms with van der Waals surface area (Å²) < 4.78 is 16.7. The average molecular weight is 457 g/mol. The standard InChI is InChI=1S/C24H26ClFN4O2/c1-3-29-15-18(24(32)30-10-8-28(2)9-11-30)23(31)17-12-20(26)21(13-22(17)29)27-14-16-6-4-5-7-19(16)25/h4-7,12-13,15,27H,3,8-11,14H2,1-2H3. The predicted octanol–water partition coefficient (Wildman–Crippen LogP) is 3.81. The van der Waals surface area contributed by atoms with Gasteiger partial charge < -0.3 is 19.7 Å². The van der Waals surface area contributed by atoms with Gasteiger partial charge in [0.2, 0.25) is 5.43 Å². The number of aromatic nitrogens is 1. The van der Waals surface area contributed by atoms with Gasteiger partial charge in [0.05, 0.1) is 11.2 Å². The van der Waals surface area contributed by atoms with Gasteiger partial charge in [0.1, 0.15) is 11.4 Å². The van der Waals surface area contributed by atoms with Crippen molar-refractivity contribution in [2.45, 2.75) is 20.0 Å². The smallest absolute Gasteiger partial charge is 0.259 e. The van der Waals surface area contributed by atoms with E-state index in [4.69, 9.17) is 11.6 Å². The lowest BCUT2D eigenvalue weighted by Crippen LogP contribution is -2.48. The lowest BCUT2D eigenvalue weighted by Gasteiger charge is -2.32. The van der Waals surface area contributed by atoms with Crippen molar-refractivity contribution in [3.05, 3.63) is 74.8 Å². The Morgan fingerprint density at radius 3 is 2.56 bits per heavy atom. The van der Waals surface area contributed by atoms with E-state index >= 15 is 0 Å². The molecule has 168 valence electrons. The van der Waals surface area contributed by atoms with Gasteiger partial charge in [-0.15, -0.1) is 0 Å². The zero-order valence-corrected chi connectivity index (χ0v) is 19.0. The number of likely N-dealkylation sites (N-methyl/N-ethyl adjacent to an activating group) is 1. The van der Waals surface area contributed by atoms with Crippen LogP contribution in [0.3, 0.4) is 0 Å². The first-order chi connectivity index (χ1) is 15.4. The Bertz CT molecular complexity index is 1220. The summed E-state index contributed by atoms with van der Waals surface area (Å²) in [5, 5.41) is 3.87. The van der Waals surface area contributed by atoms with Gasteiger partial charge in [0.15, 0.2) is 0 Å². The second kappa shape index (κ2) is 9.30. The highest BCUT2D eigenvalue weighted by atomic mass is 35.5. The summed E-state index contributed by atoms with van der Waals surface area (Å²) in [7, 11) is 2.00. The van der Waals surface area contributed by atoms with Gasteiger partial charge in [0, 0.05) is 55.9 Å². The summed E-state index contributed by atoms with van der Waals surface area (Å²) in [5.74, 6) is -0.845. The molecule has 4 rings (SSSR count). The van der Waals surface area contributed by atoms with E-state index in [1.165, 1.54) is 6.07 Å². The van der Waals surface area contributed by atoms with Gasteiger partial charge in [-0.1, -0.05) is 29.8 Å².